The number of hydrogen-bond acceptors (Lipinski definition) is 3. The third-order valence-electron chi connectivity index (χ3n) is 5.66. The van der Waals surface area contributed by atoms with E-state index >= 15 is 0 Å². The molecule has 0 aromatic heterocycles. The second-order valence-corrected chi connectivity index (χ2v) is 10.2. The number of carboxylic acid groups (broad SMARTS) is 1. The number of benzene rings is 1. The van der Waals surface area contributed by atoms with Crippen molar-refractivity contribution in [3.8, 4) is 11.1 Å². The number of fused-ring (bicyclic) bond motifs is 1. The highest BCUT2D eigenvalue weighted by Gasteiger charge is 2.31. The monoisotopic (exact) mass is 493 g/mol. The van der Waals surface area contributed by atoms with Crippen LogP contribution in [0.2, 0.25) is 0 Å². The maximum absolute atomic E-state index is 12.9. The van der Waals surface area contributed by atoms with Gasteiger partial charge in [-0.15, -0.1) is 0 Å². The lowest BCUT2D eigenvalue weighted by molar-refractivity contribution is -0.137. The summed E-state index contributed by atoms with van der Waals surface area (Å²) in [5.74, 6) is -0.722. The smallest absolute Gasteiger partial charge is 0.416 e. The van der Waals surface area contributed by atoms with Crippen molar-refractivity contribution in [3.63, 3.8) is 0 Å². The molecule has 0 aliphatic heterocycles. The molecule has 2 N–H and O–H groups in total. The Morgan fingerprint density at radius 3 is 2.29 bits per heavy atom. The van der Waals surface area contributed by atoms with Crippen molar-refractivity contribution in [2.45, 2.75) is 50.1 Å². The maximum atomic E-state index is 12.9. The van der Waals surface area contributed by atoms with Gasteiger partial charge in [-0.1, -0.05) is 44.2 Å². The standard InChI is InChI=1S/C25H26F3NO4S/c1-16(2)17-9-11-21-18(14-23(24(30)31)22(21)12-10-17)6-3-4-13-29-34(32,33)20-8-5-7-19(15-20)25(26,27)28/h5,7-12,14-16,29H,3-4,6,13H2,1-2H3,(H,30,31). The largest absolute Gasteiger partial charge is 0.478 e. The van der Waals surface area contributed by atoms with Crippen LogP contribution in [0.5, 0.6) is 0 Å². The van der Waals surface area contributed by atoms with Crippen LogP contribution in [0.25, 0.3) is 11.1 Å². The van der Waals surface area contributed by atoms with Gasteiger partial charge in [0.15, 0.2) is 0 Å². The van der Waals surface area contributed by atoms with Gasteiger partial charge in [0, 0.05) is 6.54 Å². The van der Waals surface area contributed by atoms with E-state index in [9.17, 15) is 31.5 Å². The first-order valence-electron chi connectivity index (χ1n) is 10.9. The molecule has 0 unspecified atom stereocenters. The minimum absolute atomic E-state index is 0.0499. The number of aryl methyl sites for hydroxylation is 1. The molecule has 182 valence electrons. The van der Waals surface area contributed by atoms with Crippen LogP contribution in [0.4, 0.5) is 13.2 Å². The number of hydrogen-bond donors (Lipinski definition) is 2. The third-order valence-corrected chi connectivity index (χ3v) is 7.12. The number of nitrogens with one attached hydrogen (secondary N) is 1. The van der Waals surface area contributed by atoms with Crippen LogP contribution in [0.1, 0.15) is 59.7 Å². The number of carboxylic acids is 1. The molecule has 2 aliphatic carbocycles. The molecule has 0 heterocycles. The minimum Gasteiger partial charge on any atom is -0.478 e. The molecule has 0 fully saturated rings. The van der Waals surface area contributed by atoms with Gasteiger partial charge in [0.05, 0.1) is 16.0 Å². The fourth-order valence-corrected chi connectivity index (χ4v) is 4.90. The lowest BCUT2D eigenvalue weighted by atomic mass is 10.0. The lowest BCUT2D eigenvalue weighted by Gasteiger charge is -2.10. The van der Waals surface area contributed by atoms with Crippen LogP contribution in [0.15, 0.2) is 59.5 Å². The van der Waals surface area contributed by atoms with Crippen LogP contribution < -0.4 is 4.72 Å². The molecule has 0 radical (unpaired) electrons. The van der Waals surface area contributed by atoms with E-state index in [1.165, 1.54) is 0 Å². The Kier molecular flexibility index (Phi) is 7.67. The van der Waals surface area contributed by atoms with Gasteiger partial charge in [-0.2, -0.15) is 13.2 Å². The lowest BCUT2D eigenvalue weighted by Crippen LogP contribution is -2.25. The van der Waals surface area contributed by atoms with Gasteiger partial charge >= 0.3 is 12.1 Å². The molecule has 0 amide bonds. The van der Waals surface area contributed by atoms with Crippen molar-refractivity contribution >= 4 is 16.0 Å². The number of sulfonamides is 1. The molecule has 1 aromatic rings. The van der Waals surface area contributed by atoms with Crippen LogP contribution in [-0.2, 0) is 22.6 Å². The summed E-state index contributed by atoms with van der Waals surface area (Å²) in [6.45, 7) is 4.16. The molecule has 34 heavy (non-hydrogen) atoms. The molecule has 0 bridgehead atoms. The predicted octanol–water partition coefficient (Wildman–Crippen LogP) is 5.93. The number of halogens is 3. The van der Waals surface area contributed by atoms with Gasteiger partial charge in [0.25, 0.3) is 0 Å². The van der Waals surface area contributed by atoms with E-state index in [2.05, 4.69) is 18.6 Å². The van der Waals surface area contributed by atoms with Crippen molar-refractivity contribution in [1.82, 2.24) is 4.72 Å². The highest BCUT2D eigenvalue weighted by Crippen LogP contribution is 2.34. The molecular weight excluding hydrogens is 467 g/mol. The quantitative estimate of drug-likeness (QED) is 0.362. The van der Waals surface area contributed by atoms with E-state index in [1.807, 2.05) is 24.3 Å². The Labute approximate surface area is 197 Å². The normalized spacial score (nSPS) is 12.4. The molecule has 0 spiro atoms. The SMILES string of the molecule is CC(C)c1ccc2c(CCCCNS(=O)(=O)c3cccc(C(F)(F)F)c3)cc(C(=O)O)c-2cc1. The van der Waals surface area contributed by atoms with Gasteiger partial charge in [0.2, 0.25) is 10.0 Å². The third kappa shape index (κ3) is 5.95. The van der Waals surface area contributed by atoms with Crippen LogP contribution >= 0.6 is 0 Å². The van der Waals surface area contributed by atoms with Crippen molar-refractivity contribution in [3.05, 3.63) is 76.9 Å². The summed E-state index contributed by atoms with van der Waals surface area (Å²) in [6.07, 6.45) is -3.09. The molecule has 3 rings (SSSR count). The number of unbranched alkanes of at least 4 members (excludes halogenated alkanes) is 1. The Morgan fingerprint density at radius 1 is 1.00 bits per heavy atom. The molecule has 1 aromatic carbocycles. The molecule has 0 saturated carbocycles. The van der Waals surface area contributed by atoms with Gasteiger partial charge in [-0.3, -0.25) is 0 Å². The van der Waals surface area contributed by atoms with Crippen LogP contribution in [0.3, 0.4) is 0 Å². The van der Waals surface area contributed by atoms with Gasteiger partial charge in [0.1, 0.15) is 0 Å². The first-order valence-corrected chi connectivity index (χ1v) is 12.3. The number of rotatable bonds is 9. The van der Waals surface area contributed by atoms with Gasteiger partial charge in [-0.05, 0) is 71.7 Å². The zero-order valence-electron chi connectivity index (χ0n) is 18.8. The molecule has 9 heteroatoms. The second-order valence-electron chi connectivity index (χ2n) is 8.42. The zero-order valence-corrected chi connectivity index (χ0v) is 19.6. The van der Waals surface area contributed by atoms with Crippen molar-refractivity contribution in [1.29, 1.82) is 0 Å². The topological polar surface area (TPSA) is 83.5 Å². The van der Waals surface area contributed by atoms with E-state index in [-0.39, 0.29) is 18.0 Å². The summed E-state index contributed by atoms with van der Waals surface area (Å²) < 4.78 is 65.7. The highest BCUT2D eigenvalue weighted by molar-refractivity contribution is 7.89. The Morgan fingerprint density at radius 2 is 1.68 bits per heavy atom. The first kappa shape index (κ1) is 25.7. The zero-order chi connectivity index (χ0) is 25.1. The highest BCUT2D eigenvalue weighted by atomic mass is 32.2. The van der Waals surface area contributed by atoms with Gasteiger partial charge < -0.3 is 5.11 Å². The van der Waals surface area contributed by atoms with E-state index < -0.39 is 32.6 Å². The van der Waals surface area contributed by atoms with E-state index in [4.69, 9.17) is 0 Å². The number of carbonyl (C=O) groups is 1. The summed E-state index contributed by atoms with van der Waals surface area (Å²) in [4.78, 5) is 11.3. The number of aromatic carboxylic acids is 1. The summed E-state index contributed by atoms with van der Waals surface area (Å²) in [5, 5.41) is 9.59. The van der Waals surface area contributed by atoms with Crippen LogP contribution in [-0.4, -0.2) is 26.0 Å². The molecule has 5 nitrogen and oxygen atoms in total. The van der Waals surface area contributed by atoms with Crippen LogP contribution in [0, 0.1) is 0 Å². The van der Waals surface area contributed by atoms with E-state index in [0.717, 1.165) is 34.9 Å². The van der Waals surface area contributed by atoms with E-state index in [1.54, 1.807) is 6.07 Å². The summed E-state index contributed by atoms with van der Waals surface area (Å²) in [5.41, 5.74) is 2.64. The molecular formula is C25H26F3NO4S. The summed E-state index contributed by atoms with van der Waals surface area (Å²) >= 11 is 0. The van der Waals surface area contributed by atoms with Crippen molar-refractivity contribution in [2.75, 3.05) is 6.54 Å². The first-order chi connectivity index (χ1) is 15.9. The fraction of sp³-hybridized carbons (Fsp3) is 0.320. The van der Waals surface area contributed by atoms with E-state index in [0.29, 0.717) is 30.9 Å². The summed E-state index contributed by atoms with van der Waals surface area (Å²) in [6, 6.07) is 12.9. The minimum atomic E-state index is -4.63. The van der Waals surface area contributed by atoms with Crippen molar-refractivity contribution < 1.29 is 31.5 Å². The van der Waals surface area contributed by atoms with Crippen molar-refractivity contribution in [2.24, 2.45) is 0 Å². The Bertz CT molecular complexity index is 1250. The average molecular weight is 494 g/mol. The second kappa shape index (κ2) is 10.1. The summed E-state index contributed by atoms with van der Waals surface area (Å²) in [7, 11) is -4.08. The maximum Gasteiger partial charge on any atom is 0.416 e. The fourth-order valence-electron chi connectivity index (χ4n) is 3.78. The predicted molar refractivity (Wildman–Crippen MR) is 124 cm³/mol. The average Bonchev–Trinajstić information content (AvgIpc) is 2.95. The Balaban J connectivity index is 1.66. The molecule has 2 aliphatic rings. The molecule has 0 saturated heterocycles. The van der Waals surface area contributed by atoms with Gasteiger partial charge in [-0.25, -0.2) is 17.9 Å². The molecule has 0 atom stereocenters. The Hall–Kier alpha value is -2.91. The number of alkyl halides is 3.